The van der Waals surface area contributed by atoms with E-state index in [9.17, 15) is 71.1 Å². The van der Waals surface area contributed by atoms with Crippen LogP contribution in [-0.2, 0) is 70.6 Å². The quantitative estimate of drug-likeness (QED) is 0.0473. The maximum atomic E-state index is 15.6. The number of hydrogen-bond donors (Lipinski definition) is 3. The minimum absolute atomic E-state index is 0.159. The lowest BCUT2D eigenvalue weighted by Crippen LogP contribution is -2.39. The summed E-state index contributed by atoms with van der Waals surface area (Å²) in [6.45, 7) is -2.61. The number of sulfone groups is 1. The molecule has 5 aromatic rings. The maximum Gasteiger partial charge on any atom is 0.435 e. The van der Waals surface area contributed by atoms with Crippen molar-refractivity contribution in [1.29, 1.82) is 0 Å². The Balaban J connectivity index is 1.45. The van der Waals surface area contributed by atoms with Gasteiger partial charge in [0, 0.05) is 34.9 Å². The van der Waals surface area contributed by atoms with Gasteiger partial charge in [0.05, 0.1) is 40.5 Å². The molecule has 75 heavy (non-hydrogen) atoms. The van der Waals surface area contributed by atoms with Gasteiger partial charge in [0.15, 0.2) is 21.3 Å². The van der Waals surface area contributed by atoms with Crippen molar-refractivity contribution in [2.24, 2.45) is 5.92 Å². The summed E-state index contributed by atoms with van der Waals surface area (Å²) in [5.41, 5.74) is -6.39. The Morgan fingerprint density at radius 3 is 2.19 bits per heavy atom. The molecule has 31 heteroatoms. The number of hydrogen-bond acceptors (Lipinski definition) is 12. The first kappa shape index (κ1) is 55.7. The summed E-state index contributed by atoms with van der Waals surface area (Å²) in [6.07, 6.45) is -12.1. The number of aliphatic carboxylic acids is 1. The normalized spacial score (nSPS) is 16.6. The fourth-order valence-electron chi connectivity index (χ4n) is 8.22. The Labute approximate surface area is 422 Å². The van der Waals surface area contributed by atoms with Gasteiger partial charge in [-0.3, -0.25) is 19.0 Å². The summed E-state index contributed by atoms with van der Waals surface area (Å²) >= 11 is 6.57. The number of carbonyl (C=O) groups excluding carboxylic acids is 3. The van der Waals surface area contributed by atoms with Crippen molar-refractivity contribution in [3.05, 3.63) is 93.0 Å². The van der Waals surface area contributed by atoms with Crippen LogP contribution in [0.25, 0.3) is 22.0 Å². The molecule has 1 unspecified atom stereocenters. The highest BCUT2D eigenvalue weighted by atomic mass is 35.5. The maximum absolute atomic E-state index is 15.6. The third kappa shape index (κ3) is 11.6. The Morgan fingerprint density at radius 2 is 1.60 bits per heavy atom. The molecule has 3 N–H and O–H groups in total. The summed E-state index contributed by atoms with van der Waals surface area (Å²) in [4.78, 5) is 54.5. The van der Waals surface area contributed by atoms with E-state index < -0.39 is 179 Å². The number of amides is 3. The molecule has 0 saturated heterocycles. The van der Waals surface area contributed by atoms with Gasteiger partial charge in [0.1, 0.15) is 47.5 Å². The molecule has 1 fully saturated rings. The van der Waals surface area contributed by atoms with Gasteiger partial charge in [-0.15, -0.1) is 0 Å². The number of nitrogens with one attached hydrogen (secondary N) is 2. The second-order valence-corrected chi connectivity index (χ2v) is 22.5. The molecule has 18 nitrogen and oxygen atoms in total. The zero-order valence-electron chi connectivity index (χ0n) is 38.8. The second kappa shape index (κ2) is 19.6. The molecule has 3 aromatic heterocycles. The molecule has 7 rings (SSSR count). The summed E-state index contributed by atoms with van der Waals surface area (Å²) in [6, 6.07) is 4.35. The average molecular weight is 1130 g/mol. The van der Waals surface area contributed by atoms with E-state index in [0.717, 1.165) is 42.7 Å². The van der Waals surface area contributed by atoms with Crippen molar-refractivity contribution < 1.29 is 89.8 Å². The third-order valence-corrected chi connectivity index (χ3v) is 15.1. The molecular formula is C44H37ClF10N8O10S2. The lowest BCUT2D eigenvalue weighted by molar-refractivity contribution is -0.150. The zero-order valence-corrected chi connectivity index (χ0v) is 41.2. The fraction of sp³-hybridized carbons (Fsp3) is 0.386. The first-order valence-electron chi connectivity index (χ1n) is 21.5. The Morgan fingerprint density at radius 1 is 0.960 bits per heavy atom. The van der Waals surface area contributed by atoms with Crippen molar-refractivity contribution in [3.63, 3.8) is 0 Å². The Kier molecular flexibility index (Phi) is 14.6. The predicted octanol–water partition coefficient (Wildman–Crippen LogP) is 6.39. The summed E-state index contributed by atoms with van der Waals surface area (Å²) < 4.78 is 202. The molecule has 2 aliphatic carbocycles. The summed E-state index contributed by atoms with van der Waals surface area (Å²) in [5.74, 6) is -9.95. The minimum atomic E-state index is -5.25. The lowest BCUT2D eigenvalue weighted by atomic mass is 9.93. The number of carboxylic acids is 1. The number of anilines is 1. The highest BCUT2D eigenvalue weighted by Gasteiger charge is 2.68. The van der Waals surface area contributed by atoms with Crippen LogP contribution in [0.1, 0.15) is 66.1 Å². The monoisotopic (exact) mass is 1130 g/mol. The van der Waals surface area contributed by atoms with E-state index in [0.29, 0.717) is 12.3 Å². The molecule has 1 saturated carbocycles. The van der Waals surface area contributed by atoms with Crippen molar-refractivity contribution in [2.45, 2.75) is 74.8 Å². The zero-order chi connectivity index (χ0) is 55.7. The van der Waals surface area contributed by atoms with E-state index in [-0.39, 0.29) is 36.9 Å². The summed E-state index contributed by atoms with van der Waals surface area (Å²) in [5, 5.41) is 18.9. The number of benzene rings is 2. The van der Waals surface area contributed by atoms with Gasteiger partial charge in [-0.05, 0) is 74.4 Å². The van der Waals surface area contributed by atoms with E-state index >= 15 is 8.78 Å². The molecule has 0 spiro atoms. The van der Waals surface area contributed by atoms with E-state index in [1.165, 1.54) is 13.8 Å². The number of ether oxygens (including phenoxy) is 1. The number of rotatable bonds is 14. The molecule has 3 amide bonds. The first-order valence-corrected chi connectivity index (χ1v) is 25.6. The molecule has 2 aliphatic rings. The molecule has 0 radical (unpaired) electrons. The van der Waals surface area contributed by atoms with Crippen LogP contribution in [0.2, 0.25) is 5.02 Å². The highest BCUT2D eigenvalue weighted by molar-refractivity contribution is 7.93. The number of carboxylic acid groups (broad SMARTS) is 1. The molecule has 0 aliphatic heterocycles. The molecule has 0 bridgehead atoms. The Hall–Kier alpha value is -7.00. The molecular weight excluding hydrogens is 1090 g/mol. The first-order chi connectivity index (χ1) is 34.5. The van der Waals surface area contributed by atoms with Crippen LogP contribution in [-0.4, -0.2) is 107 Å². The van der Waals surface area contributed by atoms with Gasteiger partial charge in [-0.25, -0.2) is 40.2 Å². The molecule has 2 aromatic carbocycles. The van der Waals surface area contributed by atoms with Crippen LogP contribution in [0.4, 0.5) is 54.5 Å². The van der Waals surface area contributed by atoms with Crippen LogP contribution >= 0.6 is 11.6 Å². The SMILES string of the molecule is CC(C)(C#Cc1ccc(-c2ccc(Cl)c3c(N(C(=O)OCCNC(=O)C(=O)O)S(C)(=O)=O)nn(CC(F)(F)F)c23)c([C@H](Cc2cc(F)cc(F)c2)NC(=O)Cn2nc(C(F)(F)F)c3c2C(F)(F)[C@@H]2CC32)n1)S(C)(=O)=O. The number of halogens is 11. The largest absolute Gasteiger partial charge is 0.474 e. The van der Waals surface area contributed by atoms with E-state index in [4.69, 9.17) is 21.4 Å². The average Bonchev–Trinajstić information content (AvgIpc) is 3.78. The highest BCUT2D eigenvalue weighted by Crippen LogP contribution is 2.68. The molecule has 402 valence electrons. The van der Waals surface area contributed by atoms with E-state index in [1.54, 1.807) is 0 Å². The number of nitrogens with zero attached hydrogens (tertiary/aromatic N) is 6. The van der Waals surface area contributed by atoms with E-state index in [2.05, 4.69) is 32.3 Å². The second-order valence-electron chi connectivity index (χ2n) is 17.7. The number of aromatic nitrogens is 5. The molecule has 3 heterocycles. The third-order valence-electron chi connectivity index (χ3n) is 11.8. The lowest BCUT2D eigenvalue weighted by Gasteiger charge is -2.23. The summed E-state index contributed by atoms with van der Waals surface area (Å²) in [7, 11) is -8.93. The fourth-order valence-corrected chi connectivity index (χ4v) is 9.45. The number of alkyl halides is 8. The smallest absolute Gasteiger partial charge is 0.435 e. The van der Waals surface area contributed by atoms with Crippen LogP contribution in [0.3, 0.4) is 0 Å². The number of fused-ring (bicyclic) bond motifs is 4. The van der Waals surface area contributed by atoms with Crippen LogP contribution in [0, 0.1) is 29.4 Å². The predicted molar refractivity (Wildman–Crippen MR) is 242 cm³/mol. The van der Waals surface area contributed by atoms with Gasteiger partial charge < -0.3 is 20.5 Å². The Bertz CT molecular complexity index is 3480. The number of sulfonamides is 1. The van der Waals surface area contributed by atoms with Crippen molar-refractivity contribution in [1.82, 2.24) is 35.2 Å². The number of pyridine rings is 1. The number of carbonyl (C=O) groups is 4. The van der Waals surface area contributed by atoms with Crippen LogP contribution in [0.5, 0.6) is 0 Å². The van der Waals surface area contributed by atoms with Crippen LogP contribution in [0.15, 0.2) is 42.5 Å². The van der Waals surface area contributed by atoms with Crippen LogP contribution < -0.4 is 14.9 Å². The standard InChI is InChI=1S/C44H37ClF10N8O10S2/c1-41(2,74(3,69)70)10-9-23-5-6-24(25-7-8-28(45)32-34(25)62(19-42(48,49)50)60-37(32)63(75(4,71)72)40(68)73-12-11-56-38(65)39(66)67)33(57-23)29(15-20-13-21(46)16-22(47)14-20)58-30(64)18-61-36-31(35(59-61)44(53,54)55)26-17-27(26)43(36,51)52/h5-8,13-14,16,26-27,29H,11-12,15,17-19H2,1-4H3,(H,56,65)(H,58,64)(H,66,67)/t26?,27-,29+/m1/s1. The van der Waals surface area contributed by atoms with E-state index in [1.807, 2.05) is 5.32 Å². The molecule has 3 atom stereocenters. The van der Waals surface area contributed by atoms with Gasteiger partial charge in [0.2, 0.25) is 15.9 Å². The van der Waals surface area contributed by atoms with Crippen molar-refractivity contribution in [3.8, 4) is 23.0 Å². The van der Waals surface area contributed by atoms with Crippen molar-refractivity contribution >= 4 is 72.1 Å². The topological polar surface area (TPSA) is 242 Å². The van der Waals surface area contributed by atoms with Gasteiger partial charge >= 0.3 is 30.3 Å². The minimum Gasteiger partial charge on any atom is -0.474 e. The van der Waals surface area contributed by atoms with Crippen molar-refractivity contribution in [2.75, 3.05) is 30.0 Å². The van der Waals surface area contributed by atoms with Gasteiger partial charge in [-0.2, -0.15) is 49.6 Å². The van der Waals surface area contributed by atoms with Gasteiger partial charge in [-0.1, -0.05) is 23.6 Å². The van der Waals surface area contributed by atoms with Gasteiger partial charge in [0.25, 0.3) is 5.92 Å².